The molecule has 2 rings (SSSR count). The van der Waals surface area contributed by atoms with Gasteiger partial charge in [0.05, 0.1) is 18.2 Å². The molecule has 0 atom stereocenters. The summed E-state index contributed by atoms with van der Waals surface area (Å²) in [4.78, 5) is 27.2. The van der Waals surface area contributed by atoms with Crippen LogP contribution in [-0.2, 0) is 4.74 Å². The predicted molar refractivity (Wildman–Crippen MR) is 77.7 cm³/mol. The third-order valence-electron chi connectivity index (χ3n) is 2.95. The van der Waals surface area contributed by atoms with Gasteiger partial charge in [0.15, 0.2) is 0 Å². The minimum Gasteiger partial charge on any atom is -0.478 e. The molecule has 2 aromatic rings. The Kier molecular flexibility index (Phi) is 4.23. The van der Waals surface area contributed by atoms with E-state index in [1.54, 1.807) is 19.1 Å². The molecular formula is C15H12ClNO4. The lowest BCUT2D eigenvalue weighted by molar-refractivity contribution is 0.0600. The van der Waals surface area contributed by atoms with E-state index >= 15 is 0 Å². The van der Waals surface area contributed by atoms with Crippen molar-refractivity contribution >= 4 is 23.5 Å². The number of aryl methyl sites for hydroxylation is 1. The van der Waals surface area contributed by atoms with Crippen LogP contribution < -0.4 is 0 Å². The quantitative estimate of drug-likeness (QED) is 0.881. The number of esters is 1. The summed E-state index contributed by atoms with van der Waals surface area (Å²) in [6.45, 7) is 1.73. The largest absolute Gasteiger partial charge is 0.478 e. The minimum absolute atomic E-state index is 0.00646. The third-order valence-corrected chi connectivity index (χ3v) is 3.18. The first-order valence-electron chi connectivity index (χ1n) is 6.02. The summed E-state index contributed by atoms with van der Waals surface area (Å²) in [6, 6.07) is 6.19. The molecular weight excluding hydrogens is 294 g/mol. The van der Waals surface area contributed by atoms with Crippen molar-refractivity contribution in [2.75, 3.05) is 7.11 Å². The molecule has 0 unspecified atom stereocenters. The molecule has 0 saturated heterocycles. The summed E-state index contributed by atoms with van der Waals surface area (Å²) in [5.41, 5.74) is 1.64. The fourth-order valence-corrected chi connectivity index (χ4v) is 2.15. The van der Waals surface area contributed by atoms with Gasteiger partial charge in [-0.05, 0) is 36.8 Å². The molecule has 0 aliphatic carbocycles. The first-order chi connectivity index (χ1) is 9.93. The van der Waals surface area contributed by atoms with Crippen LogP contribution in [0.15, 0.2) is 30.5 Å². The molecule has 21 heavy (non-hydrogen) atoms. The number of methoxy groups -OCH3 is 1. The van der Waals surface area contributed by atoms with E-state index in [0.717, 1.165) is 0 Å². The zero-order valence-electron chi connectivity index (χ0n) is 11.4. The van der Waals surface area contributed by atoms with Crippen LogP contribution in [-0.4, -0.2) is 29.1 Å². The van der Waals surface area contributed by atoms with Gasteiger partial charge in [-0.15, -0.1) is 0 Å². The first-order valence-corrected chi connectivity index (χ1v) is 6.40. The lowest BCUT2D eigenvalue weighted by Crippen LogP contribution is -2.07. The number of aromatic nitrogens is 1. The van der Waals surface area contributed by atoms with Gasteiger partial charge in [0.1, 0.15) is 0 Å². The van der Waals surface area contributed by atoms with Gasteiger partial charge in [0, 0.05) is 22.5 Å². The van der Waals surface area contributed by atoms with Crippen molar-refractivity contribution in [1.82, 2.24) is 4.98 Å². The lowest BCUT2D eigenvalue weighted by atomic mass is 9.96. The van der Waals surface area contributed by atoms with Crippen molar-refractivity contribution < 1.29 is 19.4 Å². The monoisotopic (exact) mass is 305 g/mol. The molecule has 5 nitrogen and oxygen atoms in total. The van der Waals surface area contributed by atoms with E-state index in [0.29, 0.717) is 21.8 Å². The molecule has 0 saturated carbocycles. The van der Waals surface area contributed by atoms with Crippen LogP contribution in [0.25, 0.3) is 11.1 Å². The number of nitrogens with zero attached hydrogens (tertiary/aromatic N) is 1. The number of rotatable bonds is 3. The van der Waals surface area contributed by atoms with Crippen LogP contribution >= 0.6 is 11.6 Å². The second kappa shape index (κ2) is 5.93. The molecule has 1 aromatic heterocycles. The average Bonchev–Trinajstić information content (AvgIpc) is 2.46. The van der Waals surface area contributed by atoms with Gasteiger partial charge in [0.2, 0.25) is 0 Å². The standard InChI is InChI=1S/C15H12ClNO4/c1-8-5-11(13(7-17-8)14(18)19)12-6-9(16)3-4-10(12)15(20)21-2/h3-7H,1-2H3,(H,18,19). The maximum absolute atomic E-state index is 11.9. The molecule has 0 fully saturated rings. The van der Waals surface area contributed by atoms with Crippen LogP contribution in [0, 0.1) is 6.92 Å². The summed E-state index contributed by atoms with van der Waals surface area (Å²) in [5, 5.41) is 9.68. The molecule has 0 spiro atoms. The van der Waals surface area contributed by atoms with Crippen molar-refractivity contribution in [2.24, 2.45) is 0 Å². The molecule has 1 aromatic carbocycles. The molecule has 108 valence electrons. The molecule has 0 bridgehead atoms. The van der Waals surface area contributed by atoms with Crippen LogP contribution in [0.5, 0.6) is 0 Å². The summed E-state index contributed by atoms with van der Waals surface area (Å²) < 4.78 is 4.72. The van der Waals surface area contributed by atoms with E-state index < -0.39 is 11.9 Å². The van der Waals surface area contributed by atoms with Crippen LogP contribution in [0.4, 0.5) is 0 Å². The smallest absolute Gasteiger partial charge is 0.338 e. The number of carbonyl (C=O) groups excluding carboxylic acids is 1. The summed E-state index contributed by atoms with van der Waals surface area (Å²) in [5.74, 6) is -1.69. The number of pyridine rings is 1. The number of ether oxygens (including phenoxy) is 1. The van der Waals surface area contributed by atoms with Gasteiger partial charge in [-0.2, -0.15) is 0 Å². The lowest BCUT2D eigenvalue weighted by Gasteiger charge is -2.12. The average molecular weight is 306 g/mol. The van der Waals surface area contributed by atoms with Crippen molar-refractivity contribution in [3.05, 3.63) is 52.3 Å². The number of carboxylic acid groups (broad SMARTS) is 1. The van der Waals surface area contributed by atoms with Gasteiger partial charge in [-0.25, -0.2) is 9.59 Å². The zero-order chi connectivity index (χ0) is 15.6. The van der Waals surface area contributed by atoms with Gasteiger partial charge < -0.3 is 9.84 Å². The van der Waals surface area contributed by atoms with Crippen LogP contribution in [0.3, 0.4) is 0 Å². The normalized spacial score (nSPS) is 10.2. The second-order valence-electron chi connectivity index (χ2n) is 4.36. The summed E-state index contributed by atoms with van der Waals surface area (Å²) in [6.07, 6.45) is 1.26. The predicted octanol–water partition coefficient (Wildman–Crippen LogP) is 3.20. The van der Waals surface area contributed by atoms with E-state index in [2.05, 4.69) is 4.98 Å². The van der Waals surface area contributed by atoms with Gasteiger partial charge in [0.25, 0.3) is 0 Å². The Morgan fingerprint density at radius 2 is 1.86 bits per heavy atom. The first kappa shape index (κ1) is 15.0. The fourth-order valence-electron chi connectivity index (χ4n) is 1.98. The molecule has 1 heterocycles. The number of carbonyl (C=O) groups is 2. The zero-order valence-corrected chi connectivity index (χ0v) is 12.1. The summed E-state index contributed by atoms with van der Waals surface area (Å²) in [7, 11) is 1.26. The molecule has 0 radical (unpaired) electrons. The number of benzene rings is 1. The molecule has 1 N–H and O–H groups in total. The molecule has 0 aliphatic heterocycles. The highest BCUT2D eigenvalue weighted by atomic mass is 35.5. The Hall–Kier alpha value is -2.40. The number of halogens is 1. The maximum Gasteiger partial charge on any atom is 0.338 e. The second-order valence-corrected chi connectivity index (χ2v) is 4.79. The van der Waals surface area contributed by atoms with Gasteiger partial charge >= 0.3 is 11.9 Å². The van der Waals surface area contributed by atoms with Crippen molar-refractivity contribution in [2.45, 2.75) is 6.92 Å². The molecule has 0 amide bonds. The van der Waals surface area contributed by atoms with Crippen molar-refractivity contribution in [1.29, 1.82) is 0 Å². The van der Waals surface area contributed by atoms with Crippen molar-refractivity contribution in [3.63, 3.8) is 0 Å². The fraction of sp³-hybridized carbons (Fsp3) is 0.133. The highest BCUT2D eigenvalue weighted by Crippen LogP contribution is 2.30. The van der Waals surface area contributed by atoms with Crippen LogP contribution in [0.1, 0.15) is 26.4 Å². The molecule has 0 aliphatic rings. The van der Waals surface area contributed by atoms with Crippen LogP contribution in [0.2, 0.25) is 5.02 Å². The highest BCUT2D eigenvalue weighted by Gasteiger charge is 2.19. The van der Waals surface area contributed by atoms with Gasteiger partial charge in [-0.1, -0.05) is 11.6 Å². The Morgan fingerprint density at radius 1 is 1.19 bits per heavy atom. The maximum atomic E-state index is 11.9. The Labute approximate surface area is 126 Å². The van der Waals surface area contributed by atoms with Gasteiger partial charge in [-0.3, -0.25) is 4.98 Å². The summed E-state index contributed by atoms with van der Waals surface area (Å²) >= 11 is 5.97. The number of hydrogen-bond acceptors (Lipinski definition) is 4. The SMILES string of the molecule is COC(=O)c1ccc(Cl)cc1-c1cc(C)ncc1C(=O)O. The highest BCUT2D eigenvalue weighted by molar-refractivity contribution is 6.31. The number of hydrogen-bond donors (Lipinski definition) is 1. The topological polar surface area (TPSA) is 76.5 Å². The van der Waals surface area contributed by atoms with E-state index in [1.165, 1.54) is 25.4 Å². The van der Waals surface area contributed by atoms with Crippen molar-refractivity contribution in [3.8, 4) is 11.1 Å². The third kappa shape index (κ3) is 3.03. The Balaban J connectivity index is 2.77. The van der Waals surface area contributed by atoms with E-state index in [4.69, 9.17) is 16.3 Å². The molecule has 6 heteroatoms. The van der Waals surface area contributed by atoms with E-state index in [-0.39, 0.29) is 11.1 Å². The number of carboxylic acids is 1. The minimum atomic E-state index is -1.13. The Morgan fingerprint density at radius 3 is 2.48 bits per heavy atom. The Bertz CT molecular complexity index is 728. The number of aromatic carboxylic acids is 1. The van der Waals surface area contributed by atoms with E-state index in [9.17, 15) is 14.7 Å². The van der Waals surface area contributed by atoms with E-state index in [1.807, 2.05) is 0 Å².